The maximum Gasteiger partial charge on any atom is 0.289 e. The van der Waals surface area contributed by atoms with Crippen LogP contribution in [0, 0.1) is 0 Å². The van der Waals surface area contributed by atoms with Crippen molar-refractivity contribution in [3.63, 3.8) is 0 Å². The Bertz CT molecular complexity index is 514. The molecule has 1 aromatic rings. The minimum atomic E-state index is -0.207. The Balaban J connectivity index is 1.96. The zero-order valence-electron chi connectivity index (χ0n) is 11.0. The van der Waals surface area contributed by atoms with Gasteiger partial charge in [-0.25, -0.2) is 0 Å². The largest absolute Gasteiger partial charge is 0.325 e. The first-order valence-corrected chi connectivity index (χ1v) is 7.09. The van der Waals surface area contributed by atoms with Gasteiger partial charge in [-0.15, -0.1) is 0 Å². The quantitative estimate of drug-likeness (QED) is 0.848. The molecule has 0 bridgehead atoms. The average Bonchev–Trinajstić information content (AvgIpc) is 2.73. The molecule has 0 radical (unpaired) electrons. The van der Waals surface area contributed by atoms with E-state index in [0.717, 1.165) is 17.3 Å². The van der Waals surface area contributed by atoms with Gasteiger partial charge in [0.15, 0.2) is 0 Å². The molecule has 1 aromatic carbocycles. The van der Waals surface area contributed by atoms with Crippen LogP contribution in [0.3, 0.4) is 0 Å². The van der Waals surface area contributed by atoms with Crippen molar-refractivity contribution in [2.45, 2.75) is 6.54 Å². The Morgan fingerprint density at radius 2 is 2.00 bits per heavy atom. The summed E-state index contributed by atoms with van der Waals surface area (Å²) in [6.07, 6.45) is 0. The van der Waals surface area contributed by atoms with Gasteiger partial charge in [-0.05, 0) is 24.7 Å². The molecule has 0 aliphatic carbocycles. The summed E-state index contributed by atoms with van der Waals surface area (Å²) >= 11 is 1.02. The Kier molecular flexibility index (Phi) is 4.75. The summed E-state index contributed by atoms with van der Waals surface area (Å²) in [6, 6.07) is 7.08. The predicted molar refractivity (Wildman–Crippen MR) is 77.4 cm³/mol. The molecule has 0 spiro atoms. The summed E-state index contributed by atoms with van der Waals surface area (Å²) in [7, 11) is 1.70. The third-order valence-electron chi connectivity index (χ3n) is 2.76. The maximum atomic E-state index is 11.5. The van der Waals surface area contributed by atoms with E-state index in [0.29, 0.717) is 5.69 Å². The Morgan fingerprint density at radius 3 is 2.55 bits per heavy atom. The van der Waals surface area contributed by atoms with Gasteiger partial charge in [-0.1, -0.05) is 23.9 Å². The number of likely N-dealkylation sites (N-methyl/N-ethyl adjacent to an activating group) is 1. The lowest BCUT2D eigenvalue weighted by Crippen LogP contribution is -2.28. The van der Waals surface area contributed by atoms with Crippen molar-refractivity contribution >= 4 is 34.5 Å². The van der Waals surface area contributed by atoms with E-state index in [1.807, 2.05) is 0 Å². The minimum Gasteiger partial charge on any atom is -0.325 e. The summed E-state index contributed by atoms with van der Waals surface area (Å²) < 4.78 is 0. The number of nitrogens with zero attached hydrogens (tertiary/aromatic N) is 1. The van der Waals surface area contributed by atoms with Crippen molar-refractivity contribution in [2.24, 2.45) is 0 Å². The second kappa shape index (κ2) is 6.53. The molecule has 3 amide bonds. The van der Waals surface area contributed by atoms with Gasteiger partial charge in [0.1, 0.15) is 0 Å². The molecule has 2 N–H and O–H groups in total. The zero-order chi connectivity index (χ0) is 14.5. The van der Waals surface area contributed by atoms with Crippen LogP contribution in [0.25, 0.3) is 0 Å². The molecule has 1 aliphatic rings. The lowest BCUT2D eigenvalue weighted by atomic mass is 10.2. The van der Waals surface area contributed by atoms with Gasteiger partial charge in [0.05, 0.1) is 18.8 Å². The number of anilines is 1. The van der Waals surface area contributed by atoms with E-state index >= 15 is 0 Å². The minimum absolute atomic E-state index is 0.124. The molecule has 6 nitrogen and oxygen atoms in total. The van der Waals surface area contributed by atoms with Crippen LogP contribution in [0.4, 0.5) is 10.5 Å². The van der Waals surface area contributed by atoms with E-state index < -0.39 is 0 Å². The molecule has 0 atom stereocenters. The summed E-state index contributed by atoms with van der Waals surface area (Å²) in [5.41, 5.74) is 1.53. The van der Waals surface area contributed by atoms with E-state index in [2.05, 4.69) is 10.6 Å². The van der Waals surface area contributed by atoms with Crippen LogP contribution in [-0.2, 0) is 16.1 Å². The molecule has 1 fully saturated rings. The van der Waals surface area contributed by atoms with Crippen molar-refractivity contribution in [3.05, 3.63) is 29.8 Å². The standard InChI is InChI=1S/C13H15N3O3S/c1-14-6-11(17)15-10-4-2-9(3-5-10)7-16-12(18)8-20-13(16)19/h2-5,14H,6-8H2,1H3,(H,15,17). The van der Waals surface area contributed by atoms with Gasteiger partial charge in [-0.3, -0.25) is 19.3 Å². The molecule has 1 heterocycles. The molecule has 1 saturated heterocycles. The molecule has 0 unspecified atom stereocenters. The lowest BCUT2D eigenvalue weighted by Gasteiger charge is -2.13. The van der Waals surface area contributed by atoms with Gasteiger partial charge in [0, 0.05) is 5.69 Å². The van der Waals surface area contributed by atoms with E-state index in [1.54, 1.807) is 31.3 Å². The maximum absolute atomic E-state index is 11.5. The van der Waals surface area contributed by atoms with Crippen molar-refractivity contribution in [2.75, 3.05) is 24.7 Å². The summed E-state index contributed by atoms with van der Waals surface area (Å²) in [4.78, 5) is 35.6. The SMILES string of the molecule is CNCC(=O)Nc1ccc(CN2C(=O)CSC2=O)cc1. The lowest BCUT2D eigenvalue weighted by molar-refractivity contribution is -0.125. The molecular formula is C13H15N3O3S. The number of carbonyl (C=O) groups excluding carboxylic acids is 3. The Morgan fingerprint density at radius 1 is 1.30 bits per heavy atom. The zero-order valence-corrected chi connectivity index (χ0v) is 11.8. The highest BCUT2D eigenvalue weighted by atomic mass is 32.2. The van der Waals surface area contributed by atoms with Gasteiger partial charge in [-0.2, -0.15) is 0 Å². The highest BCUT2D eigenvalue weighted by Crippen LogP contribution is 2.21. The number of carbonyl (C=O) groups is 3. The van der Waals surface area contributed by atoms with Gasteiger partial charge < -0.3 is 10.6 Å². The first-order chi connectivity index (χ1) is 9.60. The molecule has 1 aliphatic heterocycles. The van der Waals surface area contributed by atoms with E-state index in [1.165, 1.54) is 4.90 Å². The number of imide groups is 1. The van der Waals surface area contributed by atoms with Crippen LogP contribution in [-0.4, -0.2) is 41.3 Å². The summed E-state index contributed by atoms with van der Waals surface area (Å²) in [5.74, 6) is -0.0651. The highest BCUT2D eigenvalue weighted by molar-refractivity contribution is 8.14. The van der Waals surface area contributed by atoms with Gasteiger partial charge in [0.2, 0.25) is 11.8 Å². The number of thioether (sulfide) groups is 1. The van der Waals surface area contributed by atoms with Crippen LogP contribution in [0.15, 0.2) is 24.3 Å². The highest BCUT2D eigenvalue weighted by Gasteiger charge is 2.29. The van der Waals surface area contributed by atoms with Gasteiger partial charge >= 0.3 is 0 Å². The number of amides is 3. The first kappa shape index (κ1) is 14.5. The second-order valence-electron chi connectivity index (χ2n) is 4.31. The number of hydrogen-bond donors (Lipinski definition) is 2. The van der Waals surface area contributed by atoms with E-state index in [9.17, 15) is 14.4 Å². The topological polar surface area (TPSA) is 78.5 Å². The number of nitrogens with one attached hydrogen (secondary N) is 2. The molecule has 20 heavy (non-hydrogen) atoms. The summed E-state index contributed by atoms with van der Waals surface area (Å²) in [5, 5.41) is 5.28. The molecular weight excluding hydrogens is 278 g/mol. The fourth-order valence-corrected chi connectivity index (χ4v) is 2.50. The van der Waals surface area contributed by atoms with Crippen LogP contribution < -0.4 is 10.6 Å². The van der Waals surface area contributed by atoms with Crippen molar-refractivity contribution < 1.29 is 14.4 Å². The molecule has 7 heteroatoms. The molecule has 0 aromatic heterocycles. The van der Waals surface area contributed by atoms with E-state index in [4.69, 9.17) is 0 Å². The Labute approximate surface area is 120 Å². The second-order valence-corrected chi connectivity index (χ2v) is 5.24. The summed E-state index contributed by atoms with van der Waals surface area (Å²) in [6.45, 7) is 0.519. The van der Waals surface area contributed by atoms with Gasteiger partial charge in [0.25, 0.3) is 5.24 Å². The molecule has 106 valence electrons. The van der Waals surface area contributed by atoms with Crippen molar-refractivity contribution in [3.8, 4) is 0 Å². The van der Waals surface area contributed by atoms with Crippen LogP contribution in [0.2, 0.25) is 0 Å². The van der Waals surface area contributed by atoms with Crippen LogP contribution in [0.1, 0.15) is 5.56 Å². The fourth-order valence-electron chi connectivity index (χ4n) is 1.78. The first-order valence-electron chi connectivity index (χ1n) is 6.10. The number of rotatable bonds is 5. The molecule has 2 rings (SSSR count). The smallest absolute Gasteiger partial charge is 0.289 e. The average molecular weight is 293 g/mol. The van der Waals surface area contributed by atoms with Crippen LogP contribution in [0.5, 0.6) is 0 Å². The number of benzene rings is 1. The third-order valence-corrected chi connectivity index (χ3v) is 3.61. The third kappa shape index (κ3) is 3.58. The fraction of sp³-hybridized carbons (Fsp3) is 0.308. The van der Waals surface area contributed by atoms with Crippen LogP contribution >= 0.6 is 11.8 Å². The predicted octanol–water partition coefficient (Wildman–Crippen LogP) is 1.04. The van der Waals surface area contributed by atoms with E-state index in [-0.39, 0.29) is 35.9 Å². The molecule has 0 saturated carbocycles. The Hall–Kier alpha value is -1.86. The van der Waals surface area contributed by atoms with Crippen molar-refractivity contribution in [1.82, 2.24) is 10.2 Å². The normalized spacial score (nSPS) is 14.8. The van der Waals surface area contributed by atoms with Crippen molar-refractivity contribution in [1.29, 1.82) is 0 Å². The monoisotopic (exact) mass is 293 g/mol. The number of hydrogen-bond acceptors (Lipinski definition) is 5.